The Balaban J connectivity index is 2.08. The predicted molar refractivity (Wildman–Crippen MR) is 59.3 cm³/mol. The second-order valence-corrected chi connectivity index (χ2v) is 4.91. The molecule has 0 saturated heterocycles. The maximum atomic E-state index is 5.62. The van der Waals surface area contributed by atoms with E-state index in [0.29, 0.717) is 5.89 Å². The minimum absolute atomic E-state index is 0.112. The summed E-state index contributed by atoms with van der Waals surface area (Å²) in [5.74, 6) is 0.555. The molecule has 15 heavy (non-hydrogen) atoms. The Labute approximate surface area is 96.1 Å². The quantitative estimate of drug-likeness (QED) is 0.768. The Morgan fingerprint density at radius 2 is 2.13 bits per heavy atom. The van der Waals surface area contributed by atoms with E-state index in [1.165, 1.54) is 29.7 Å². The van der Waals surface area contributed by atoms with Crippen molar-refractivity contribution in [1.82, 2.24) is 10.2 Å². The number of hydrogen-bond acceptors (Lipinski definition) is 4. The molecule has 1 aliphatic carbocycles. The lowest BCUT2D eigenvalue weighted by Crippen LogP contribution is -1.99. The zero-order valence-electron chi connectivity index (χ0n) is 7.99. The molecule has 0 fully saturated rings. The normalized spacial score (nSPS) is 15.3. The van der Waals surface area contributed by atoms with Crippen LogP contribution in [0.25, 0.3) is 11.5 Å². The lowest BCUT2D eigenvalue weighted by Gasteiger charge is -2.10. The fourth-order valence-electron chi connectivity index (χ4n) is 1.99. The summed E-state index contributed by atoms with van der Waals surface area (Å²) in [4.78, 5) is 1.46. The number of halogens is 1. The van der Waals surface area contributed by atoms with Gasteiger partial charge in [0.25, 0.3) is 0 Å². The number of fused-ring (bicyclic) bond motifs is 1. The topological polar surface area (TPSA) is 38.9 Å². The van der Waals surface area contributed by atoms with Crippen LogP contribution < -0.4 is 0 Å². The number of thiophene rings is 1. The zero-order chi connectivity index (χ0) is 10.3. The molecule has 2 heterocycles. The van der Waals surface area contributed by atoms with Crippen LogP contribution >= 0.6 is 22.9 Å². The van der Waals surface area contributed by atoms with Gasteiger partial charge in [-0.25, -0.2) is 0 Å². The molecule has 0 spiro atoms. The second-order valence-electron chi connectivity index (χ2n) is 3.62. The largest absolute Gasteiger partial charge is 0.407 e. The molecular formula is C10H9ClN2OS. The first-order valence-corrected chi connectivity index (χ1v) is 6.19. The van der Waals surface area contributed by atoms with E-state index in [-0.39, 0.29) is 5.35 Å². The third-order valence-corrected chi connectivity index (χ3v) is 3.93. The van der Waals surface area contributed by atoms with Gasteiger partial charge in [-0.2, -0.15) is 0 Å². The molecule has 0 bridgehead atoms. The monoisotopic (exact) mass is 240 g/mol. The molecule has 0 N–H and O–H groups in total. The van der Waals surface area contributed by atoms with Crippen molar-refractivity contribution in [2.24, 2.45) is 0 Å². The van der Waals surface area contributed by atoms with Gasteiger partial charge in [-0.15, -0.1) is 16.4 Å². The van der Waals surface area contributed by atoms with Gasteiger partial charge in [0, 0.05) is 10.3 Å². The maximum Gasteiger partial charge on any atom is 0.313 e. The summed E-state index contributed by atoms with van der Waals surface area (Å²) in [5, 5.41) is 9.81. The molecule has 0 aromatic carbocycles. The van der Waals surface area contributed by atoms with Gasteiger partial charge >= 0.3 is 5.35 Å². The van der Waals surface area contributed by atoms with Gasteiger partial charge in [0.1, 0.15) is 0 Å². The number of nitrogens with zero attached hydrogens (tertiary/aromatic N) is 2. The van der Waals surface area contributed by atoms with E-state index >= 15 is 0 Å². The highest BCUT2D eigenvalue weighted by atomic mass is 35.5. The number of aryl methyl sites for hydroxylation is 1. The highest BCUT2D eigenvalue weighted by Crippen LogP contribution is 2.36. The van der Waals surface area contributed by atoms with Crippen molar-refractivity contribution >= 4 is 22.9 Å². The molecular weight excluding hydrogens is 232 g/mol. The Bertz CT molecular complexity index is 491. The summed E-state index contributed by atoms with van der Waals surface area (Å²) in [6.45, 7) is 0. The zero-order valence-corrected chi connectivity index (χ0v) is 9.57. The molecule has 2 aromatic heterocycles. The van der Waals surface area contributed by atoms with E-state index in [9.17, 15) is 0 Å². The molecule has 3 rings (SSSR count). The molecule has 0 radical (unpaired) electrons. The number of rotatable bonds is 1. The van der Waals surface area contributed by atoms with Crippen LogP contribution in [0.1, 0.15) is 23.3 Å². The summed E-state index contributed by atoms with van der Waals surface area (Å²) >= 11 is 7.41. The van der Waals surface area contributed by atoms with Crippen LogP contribution in [-0.4, -0.2) is 10.2 Å². The van der Waals surface area contributed by atoms with Gasteiger partial charge < -0.3 is 4.42 Å². The van der Waals surface area contributed by atoms with Crippen molar-refractivity contribution < 1.29 is 4.42 Å². The molecule has 5 heteroatoms. The van der Waals surface area contributed by atoms with E-state index in [1.807, 2.05) is 0 Å². The predicted octanol–water partition coefficient (Wildman–Crippen LogP) is 3.33. The summed E-state index contributed by atoms with van der Waals surface area (Å²) in [6, 6.07) is 0. The fraction of sp³-hybridized carbons (Fsp3) is 0.400. The molecule has 0 amide bonds. The first-order valence-electron chi connectivity index (χ1n) is 4.93. The Morgan fingerprint density at radius 1 is 1.27 bits per heavy atom. The lowest BCUT2D eigenvalue weighted by molar-refractivity contribution is 0.569. The van der Waals surface area contributed by atoms with Crippen molar-refractivity contribution in [2.45, 2.75) is 25.7 Å². The van der Waals surface area contributed by atoms with Gasteiger partial charge in [0.15, 0.2) is 0 Å². The molecule has 0 atom stereocenters. The minimum atomic E-state index is 0.112. The van der Waals surface area contributed by atoms with Crippen LogP contribution in [0.3, 0.4) is 0 Å². The van der Waals surface area contributed by atoms with Crippen molar-refractivity contribution in [2.75, 3.05) is 0 Å². The number of aromatic nitrogens is 2. The summed E-state index contributed by atoms with van der Waals surface area (Å²) in [6.07, 6.45) is 4.84. The van der Waals surface area contributed by atoms with Crippen molar-refractivity contribution in [3.8, 4) is 11.5 Å². The van der Waals surface area contributed by atoms with Crippen molar-refractivity contribution in [1.29, 1.82) is 0 Å². The van der Waals surface area contributed by atoms with Crippen LogP contribution in [0.4, 0.5) is 0 Å². The van der Waals surface area contributed by atoms with Crippen molar-refractivity contribution in [3.63, 3.8) is 0 Å². The van der Waals surface area contributed by atoms with Gasteiger partial charge in [-0.05, 0) is 42.8 Å². The first-order chi connectivity index (χ1) is 7.34. The third kappa shape index (κ3) is 1.58. The third-order valence-electron chi connectivity index (χ3n) is 2.69. The Kier molecular flexibility index (Phi) is 2.25. The summed E-state index contributed by atoms with van der Waals surface area (Å²) < 4.78 is 5.24. The van der Waals surface area contributed by atoms with Crippen LogP contribution in [0, 0.1) is 0 Å². The average molecular weight is 241 g/mol. The molecule has 78 valence electrons. The van der Waals surface area contributed by atoms with Gasteiger partial charge in [0.2, 0.25) is 5.89 Å². The lowest BCUT2D eigenvalue weighted by atomic mass is 9.96. The van der Waals surface area contributed by atoms with Crippen LogP contribution in [0.15, 0.2) is 9.80 Å². The molecule has 3 nitrogen and oxygen atoms in total. The minimum Gasteiger partial charge on any atom is -0.407 e. The maximum absolute atomic E-state index is 5.62. The van der Waals surface area contributed by atoms with E-state index in [0.717, 1.165) is 12.0 Å². The highest BCUT2D eigenvalue weighted by molar-refractivity contribution is 7.10. The smallest absolute Gasteiger partial charge is 0.313 e. The van der Waals surface area contributed by atoms with Crippen LogP contribution in [-0.2, 0) is 12.8 Å². The molecule has 1 aliphatic rings. The van der Waals surface area contributed by atoms with E-state index in [2.05, 4.69) is 15.6 Å². The molecule has 0 unspecified atom stereocenters. The van der Waals surface area contributed by atoms with Crippen LogP contribution in [0.2, 0.25) is 5.35 Å². The standard InChI is InChI=1S/C10H9ClN2OS/c11-10-13-12-9(14-10)7-5-15-8-4-2-1-3-6(7)8/h5H,1-4H2. The summed E-state index contributed by atoms with van der Waals surface area (Å²) in [5.41, 5.74) is 2.46. The Hall–Kier alpha value is -0.870. The molecule has 0 saturated carbocycles. The van der Waals surface area contributed by atoms with E-state index in [4.69, 9.17) is 16.0 Å². The fourth-order valence-corrected chi connectivity index (χ4v) is 3.22. The van der Waals surface area contributed by atoms with Gasteiger partial charge in [0.05, 0.1) is 5.56 Å². The van der Waals surface area contributed by atoms with Gasteiger partial charge in [-0.3, -0.25) is 0 Å². The van der Waals surface area contributed by atoms with Crippen molar-refractivity contribution in [3.05, 3.63) is 21.2 Å². The van der Waals surface area contributed by atoms with E-state index in [1.54, 1.807) is 11.3 Å². The average Bonchev–Trinajstić information content (AvgIpc) is 2.83. The summed E-state index contributed by atoms with van der Waals surface area (Å²) in [7, 11) is 0. The second kappa shape index (κ2) is 3.61. The van der Waals surface area contributed by atoms with Crippen LogP contribution in [0.5, 0.6) is 0 Å². The van der Waals surface area contributed by atoms with E-state index < -0.39 is 0 Å². The van der Waals surface area contributed by atoms with Gasteiger partial charge in [-0.1, -0.05) is 5.10 Å². The first kappa shape index (κ1) is 9.36. The molecule has 0 aliphatic heterocycles. The Morgan fingerprint density at radius 3 is 2.93 bits per heavy atom. The SMILES string of the molecule is Clc1nnc(-c2csc3c2CCCC3)o1. The number of hydrogen-bond donors (Lipinski definition) is 0. The highest BCUT2D eigenvalue weighted by Gasteiger charge is 2.19. The molecule has 2 aromatic rings.